The molecule has 0 fully saturated rings. The van der Waals surface area contributed by atoms with Crippen LogP contribution in [0.15, 0.2) is 29.4 Å². The van der Waals surface area contributed by atoms with Crippen molar-refractivity contribution < 1.29 is 4.74 Å². The fraction of sp³-hybridized carbons (Fsp3) is 0.385. The molecule has 0 amide bonds. The molecule has 0 saturated heterocycles. The van der Waals surface area contributed by atoms with Crippen LogP contribution in [0.4, 0.5) is 5.95 Å². The Bertz CT molecular complexity index is 524. The van der Waals surface area contributed by atoms with Gasteiger partial charge in [0.25, 0.3) is 0 Å². The highest BCUT2D eigenvalue weighted by atomic mass is 32.2. The van der Waals surface area contributed by atoms with E-state index in [4.69, 9.17) is 10.5 Å². The van der Waals surface area contributed by atoms with Gasteiger partial charge < -0.3 is 10.5 Å². The molecule has 1 aromatic carbocycles. The first-order chi connectivity index (χ1) is 9.20. The van der Waals surface area contributed by atoms with Crippen LogP contribution in [0.5, 0.6) is 5.75 Å². The second-order valence-corrected chi connectivity index (χ2v) is 5.32. The second kappa shape index (κ2) is 6.47. The summed E-state index contributed by atoms with van der Waals surface area (Å²) in [6.07, 6.45) is 0. The highest BCUT2D eigenvalue weighted by molar-refractivity contribution is 7.99. The van der Waals surface area contributed by atoms with E-state index in [0.717, 1.165) is 16.7 Å². The number of nitrogens with two attached hydrogens (primary N) is 1. The maximum atomic E-state index is 5.79. The summed E-state index contributed by atoms with van der Waals surface area (Å²) >= 11 is 1.62. The lowest BCUT2D eigenvalue weighted by Gasteiger charge is -2.09. The quantitative estimate of drug-likeness (QED) is 0.822. The van der Waals surface area contributed by atoms with Crippen molar-refractivity contribution in [3.8, 4) is 5.75 Å². The molecule has 0 aliphatic rings. The van der Waals surface area contributed by atoms with Crippen molar-refractivity contribution in [2.75, 3.05) is 18.1 Å². The standard InChI is InChI=1S/C13H18N4OS/c1-3-19-13-16-15-12(14)17(13)8-9-18-11-6-4-10(2)5-7-11/h4-7H,3,8-9H2,1-2H3,(H2,14,15). The van der Waals surface area contributed by atoms with Crippen LogP contribution >= 0.6 is 11.8 Å². The first-order valence-electron chi connectivity index (χ1n) is 6.21. The lowest BCUT2D eigenvalue weighted by Crippen LogP contribution is -2.11. The van der Waals surface area contributed by atoms with Gasteiger partial charge in [0.1, 0.15) is 12.4 Å². The second-order valence-electron chi connectivity index (χ2n) is 4.09. The van der Waals surface area contributed by atoms with Crippen molar-refractivity contribution >= 4 is 17.7 Å². The first-order valence-corrected chi connectivity index (χ1v) is 7.20. The lowest BCUT2D eigenvalue weighted by atomic mass is 10.2. The molecule has 6 heteroatoms. The summed E-state index contributed by atoms with van der Waals surface area (Å²) in [7, 11) is 0. The van der Waals surface area contributed by atoms with Gasteiger partial charge in [0.05, 0.1) is 6.54 Å². The Hall–Kier alpha value is -1.69. The molecule has 1 aromatic heterocycles. The third-order valence-electron chi connectivity index (χ3n) is 2.62. The van der Waals surface area contributed by atoms with Crippen LogP contribution in [-0.4, -0.2) is 27.1 Å². The van der Waals surface area contributed by atoms with Gasteiger partial charge >= 0.3 is 0 Å². The minimum Gasteiger partial charge on any atom is -0.492 e. The van der Waals surface area contributed by atoms with Crippen molar-refractivity contribution in [3.05, 3.63) is 29.8 Å². The molecule has 5 nitrogen and oxygen atoms in total. The van der Waals surface area contributed by atoms with E-state index in [0.29, 0.717) is 19.1 Å². The van der Waals surface area contributed by atoms with E-state index < -0.39 is 0 Å². The molecular weight excluding hydrogens is 260 g/mol. The van der Waals surface area contributed by atoms with Crippen molar-refractivity contribution in [2.45, 2.75) is 25.5 Å². The summed E-state index contributed by atoms with van der Waals surface area (Å²) in [6, 6.07) is 7.99. The number of thioether (sulfide) groups is 1. The maximum Gasteiger partial charge on any atom is 0.222 e. The van der Waals surface area contributed by atoms with Crippen LogP contribution in [-0.2, 0) is 6.54 Å². The number of aryl methyl sites for hydroxylation is 1. The van der Waals surface area contributed by atoms with E-state index in [1.165, 1.54) is 5.56 Å². The number of hydrogen-bond acceptors (Lipinski definition) is 5. The number of nitrogen functional groups attached to an aromatic ring is 1. The summed E-state index contributed by atoms with van der Waals surface area (Å²) in [5, 5.41) is 8.77. The molecule has 2 rings (SSSR count). The monoisotopic (exact) mass is 278 g/mol. The van der Waals surface area contributed by atoms with Gasteiger partial charge in [0.2, 0.25) is 5.95 Å². The average molecular weight is 278 g/mol. The van der Waals surface area contributed by atoms with E-state index in [2.05, 4.69) is 24.0 Å². The Balaban J connectivity index is 1.92. The van der Waals surface area contributed by atoms with Gasteiger partial charge in [-0.3, -0.25) is 4.57 Å². The topological polar surface area (TPSA) is 66.0 Å². The summed E-state index contributed by atoms with van der Waals surface area (Å²) in [5.74, 6) is 2.24. The first kappa shape index (κ1) is 13.7. The molecule has 2 aromatic rings. The minimum atomic E-state index is 0.434. The molecular formula is C13H18N4OS. The predicted octanol–water partition coefficient (Wildman–Crippen LogP) is 2.36. The number of benzene rings is 1. The van der Waals surface area contributed by atoms with Crippen molar-refractivity contribution in [3.63, 3.8) is 0 Å². The van der Waals surface area contributed by atoms with Crippen LogP contribution in [0.25, 0.3) is 0 Å². The van der Waals surface area contributed by atoms with E-state index >= 15 is 0 Å². The Kier molecular flexibility index (Phi) is 4.68. The van der Waals surface area contributed by atoms with E-state index in [9.17, 15) is 0 Å². The summed E-state index contributed by atoms with van der Waals surface area (Å²) in [5.41, 5.74) is 7.01. The Morgan fingerprint density at radius 3 is 2.68 bits per heavy atom. The molecule has 0 atom stereocenters. The molecule has 0 saturated carbocycles. The van der Waals surface area contributed by atoms with Crippen LogP contribution in [0.1, 0.15) is 12.5 Å². The summed E-state index contributed by atoms with van der Waals surface area (Å²) in [4.78, 5) is 0. The molecule has 0 bridgehead atoms. The number of nitrogens with zero attached hydrogens (tertiary/aromatic N) is 3. The molecule has 0 aliphatic heterocycles. The zero-order valence-electron chi connectivity index (χ0n) is 11.2. The Morgan fingerprint density at radius 2 is 2.00 bits per heavy atom. The highest BCUT2D eigenvalue weighted by Gasteiger charge is 2.08. The summed E-state index contributed by atoms with van der Waals surface area (Å²) < 4.78 is 7.56. The maximum absolute atomic E-state index is 5.79. The predicted molar refractivity (Wildman–Crippen MR) is 77.5 cm³/mol. The molecule has 19 heavy (non-hydrogen) atoms. The van der Waals surface area contributed by atoms with Gasteiger partial charge in [-0.25, -0.2) is 0 Å². The van der Waals surface area contributed by atoms with Crippen molar-refractivity contribution in [1.82, 2.24) is 14.8 Å². The van der Waals surface area contributed by atoms with E-state index in [1.807, 2.05) is 28.8 Å². The van der Waals surface area contributed by atoms with Gasteiger partial charge in [0.15, 0.2) is 5.16 Å². The van der Waals surface area contributed by atoms with Gasteiger partial charge in [-0.05, 0) is 24.8 Å². The largest absolute Gasteiger partial charge is 0.492 e. The van der Waals surface area contributed by atoms with Crippen molar-refractivity contribution in [2.24, 2.45) is 0 Å². The van der Waals surface area contributed by atoms with Crippen LogP contribution in [0.2, 0.25) is 0 Å². The van der Waals surface area contributed by atoms with Crippen LogP contribution in [0, 0.1) is 6.92 Å². The molecule has 0 aliphatic carbocycles. The SMILES string of the molecule is CCSc1nnc(N)n1CCOc1ccc(C)cc1. The smallest absolute Gasteiger partial charge is 0.222 e. The number of ether oxygens (including phenoxy) is 1. The summed E-state index contributed by atoms with van der Waals surface area (Å²) in [6.45, 7) is 5.32. The van der Waals surface area contributed by atoms with Crippen LogP contribution in [0.3, 0.4) is 0 Å². The van der Waals surface area contributed by atoms with Gasteiger partial charge in [-0.1, -0.05) is 36.4 Å². The molecule has 1 heterocycles. The Labute approximate surface area is 117 Å². The van der Waals surface area contributed by atoms with Crippen molar-refractivity contribution in [1.29, 1.82) is 0 Å². The number of rotatable bonds is 6. The Morgan fingerprint density at radius 1 is 1.26 bits per heavy atom. The molecule has 0 spiro atoms. The van der Waals surface area contributed by atoms with Crippen LogP contribution < -0.4 is 10.5 Å². The van der Waals surface area contributed by atoms with E-state index in [-0.39, 0.29) is 0 Å². The van der Waals surface area contributed by atoms with E-state index in [1.54, 1.807) is 11.8 Å². The molecule has 0 radical (unpaired) electrons. The molecule has 0 unspecified atom stereocenters. The molecule has 102 valence electrons. The fourth-order valence-corrected chi connectivity index (χ4v) is 2.33. The number of aromatic nitrogens is 3. The van der Waals surface area contributed by atoms with Gasteiger partial charge in [-0.2, -0.15) is 0 Å². The van der Waals surface area contributed by atoms with Gasteiger partial charge in [-0.15, -0.1) is 10.2 Å². The lowest BCUT2D eigenvalue weighted by molar-refractivity contribution is 0.294. The number of anilines is 1. The highest BCUT2D eigenvalue weighted by Crippen LogP contribution is 2.17. The third kappa shape index (κ3) is 3.64. The average Bonchev–Trinajstić information content (AvgIpc) is 2.74. The third-order valence-corrected chi connectivity index (χ3v) is 3.47. The molecule has 2 N–H and O–H groups in total. The minimum absolute atomic E-state index is 0.434. The zero-order valence-corrected chi connectivity index (χ0v) is 12.0. The van der Waals surface area contributed by atoms with Gasteiger partial charge in [0, 0.05) is 0 Å². The zero-order chi connectivity index (χ0) is 13.7. The fourth-order valence-electron chi connectivity index (χ4n) is 1.64. The number of hydrogen-bond donors (Lipinski definition) is 1. The normalized spacial score (nSPS) is 10.6.